The van der Waals surface area contributed by atoms with Gasteiger partial charge in [0.25, 0.3) is 0 Å². The van der Waals surface area contributed by atoms with Crippen LogP contribution in [-0.2, 0) is 0 Å². The Bertz CT molecular complexity index is 503. The summed E-state index contributed by atoms with van der Waals surface area (Å²) in [5.41, 5.74) is -0.101. The lowest BCUT2D eigenvalue weighted by molar-refractivity contribution is 0.376. The van der Waals surface area contributed by atoms with E-state index in [2.05, 4.69) is 10.6 Å². The summed E-state index contributed by atoms with van der Waals surface area (Å²) in [7, 11) is 0. The molecule has 100 valence electrons. The third-order valence-electron chi connectivity index (χ3n) is 3.99. The molecule has 2 unspecified atom stereocenters. The Labute approximate surface area is 110 Å². The molecule has 0 spiro atoms. The fourth-order valence-corrected chi connectivity index (χ4v) is 3.15. The summed E-state index contributed by atoms with van der Waals surface area (Å²) in [6.07, 6.45) is 4.05. The van der Waals surface area contributed by atoms with Gasteiger partial charge in [0.15, 0.2) is 11.6 Å². The van der Waals surface area contributed by atoms with Crippen molar-refractivity contribution < 1.29 is 8.78 Å². The van der Waals surface area contributed by atoms with E-state index in [4.69, 9.17) is 5.26 Å². The largest absolute Gasteiger partial charge is 0.377 e. The standard InChI is InChI=1S/C14H15F2N3/c15-12-3-8(7-17)4-13(16)14(12)19-11-5-9-1-2-10(6-11)18-9/h3-4,9-11,18-19H,1-2,5-6H2. The normalized spacial score (nSPS) is 29.0. The molecule has 3 rings (SSSR count). The molecule has 19 heavy (non-hydrogen) atoms. The Morgan fingerprint density at radius 2 is 1.74 bits per heavy atom. The molecule has 5 heteroatoms. The van der Waals surface area contributed by atoms with Gasteiger partial charge < -0.3 is 10.6 Å². The Balaban J connectivity index is 1.78. The highest BCUT2D eigenvalue weighted by molar-refractivity contribution is 5.51. The van der Waals surface area contributed by atoms with Crippen molar-refractivity contribution >= 4 is 5.69 Å². The van der Waals surface area contributed by atoms with Gasteiger partial charge in [0.1, 0.15) is 5.69 Å². The molecule has 3 nitrogen and oxygen atoms in total. The van der Waals surface area contributed by atoms with Crippen molar-refractivity contribution in [3.63, 3.8) is 0 Å². The number of hydrogen-bond donors (Lipinski definition) is 2. The van der Waals surface area contributed by atoms with Crippen molar-refractivity contribution in [3.05, 3.63) is 29.3 Å². The summed E-state index contributed by atoms with van der Waals surface area (Å²) in [6.45, 7) is 0. The minimum absolute atomic E-state index is 0.00549. The zero-order valence-electron chi connectivity index (χ0n) is 10.4. The second kappa shape index (κ2) is 4.78. The average Bonchev–Trinajstić information content (AvgIpc) is 2.73. The molecule has 1 aromatic rings. The lowest BCUT2D eigenvalue weighted by atomic mass is 9.99. The minimum atomic E-state index is -0.692. The predicted octanol–water partition coefficient (Wildman–Crippen LogP) is 2.53. The maximum Gasteiger partial charge on any atom is 0.150 e. The van der Waals surface area contributed by atoms with Crippen molar-refractivity contribution in [2.24, 2.45) is 0 Å². The van der Waals surface area contributed by atoms with Crippen LogP contribution in [0.15, 0.2) is 12.1 Å². The van der Waals surface area contributed by atoms with Crippen LogP contribution in [0.4, 0.5) is 14.5 Å². The number of piperidine rings is 1. The SMILES string of the molecule is N#Cc1cc(F)c(NC2CC3CCC(C2)N3)c(F)c1. The van der Waals surface area contributed by atoms with Crippen LogP contribution < -0.4 is 10.6 Å². The molecule has 2 bridgehead atoms. The van der Waals surface area contributed by atoms with Crippen molar-refractivity contribution in [1.82, 2.24) is 5.32 Å². The number of nitriles is 1. The van der Waals surface area contributed by atoms with Crippen LogP contribution in [-0.4, -0.2) is 18.1 Å². The smallest absolute Gasteiger partial charge is 0.150 e. The van der Waals surface area contributed by atoms with Crippen molar-refractivity contribution in [3.8, 4) is 6.07 Å². The number of nitrogens with zero attached hydrogens (tertiary/aromatic N) is 1. The molecule has 2 atom stereocenters. The van der Waals surface area contributed by atoms with E-state index < -0.39 is 11.6 Å². The van der Waals surface area contributed by atoms with Crippen LogP contribution in [0.1, 0.15) is 31.2 Å². The third kappa shape index (κ3) is 2.41. The molecule has 2 aliphatic rings. The van der Waals surface area contributed by atoms with Crippen LogP contribution in [0.2, 0.25) is 0 Å². The number of fused-ring (bicyclic) bond motifs is 2. The maximum absolute atomic E-state index is 13.8. The Morgan fingerprint density at radius 3 is 2.26 bits per heavy atom. The molecule has 1 aromatic carbocycles. The molecule has 0 saturated carbocycles. The van der Waals surface area contributed by atoms with Crippen molar-refractivity contribution in [2.45, 2.75) is 43.8 Å². The van der Waals surface area contributed by atoms with E-state index in [-0.39, 0.29) is 17.3 Å². The van der Waals surface area contributed by atoms with Gasteiger partial charge in [0.2, 0.25) is 0 Å². The highest BCUT2D eigenvalue weighted by atomic mass is 19.1. The molecule has 2 N–H and O–H groups in total. The van der Waals surface area contributed by atoms with E-state index in [0.29, 0.717) is 12.1 Å². The lowest BCUT2D eigenvalue weighted by Gasteiger charge is -2.30. The van der Waals surface area contributed by atoms with Gasteiger partial charge in [-0.3, -0.25) is 0 Å². The minimum Gasteiger partial charge on any atom is -0.377 e. The molecule has 0 aromatic heterocycles. The topological polar surface area (TPSA) is 47.9 Å². The van der Waals surface area contributed by atoms with Gasteiger partial charge in [-0.2, -0.15) is 5.26 Å². The highest BCUT2D eigenvalue weighted by Gasteiger charge is 2.33. The number of nitrogens with one attached hydrogen (secondary N) is 2. The molecule has 2 saturated heterocycles. The average molecular weight is 263 g/mol. The van der Waals surface area contributed by atoms with Crippen LogP contribution in [0.5, 0.6) is 0 Å². The van der Waals surface area contributed by atoms with Gasteiger partial charge in [-0.25, -0.2) is 8.78 Å². The molecular formula is C14H15F2N3. The van der Waals surface area contributed by atoms with Crippen LogP contribution in [0.25, 0.3) is 0 Å². The zero-order valence-corrected chi connectivity index (χ0v) is 10.4. The van der Waals surface area contributed by atoms with E-state index in [1.807, 2.05) is 0 Å². The quantitative estimate of drug-likeness (QED) is 0.862. The van der Waals surface area contributed by atoms with Gasteiger partial charge in [-0.15, -0.1) is 0 Å². The zero-order chi connectivity index (χ0) is 13.4. The van der Waals surface area contributed by atoms with Gasteiger partial charge >= 0.3 is 0 Å². The summed E-state index contributed by atoms with van der Waals surface area (Å²) in [5, 5.41) is 15.1. The fraction of sp³-hybridized carbons (Fsp3) is 0.500. The van der Waals surface area contributed by atoms with E-state index >= 15 is 0 Å². The summed E-state index contributed by atoms with van der Waals surface area (Å²) in [6, 6.07) is 4.90. The number of benzene rings is 1. The Kier molecular flexibility index (Phi) is 3.11. The van der Waals surface area contributed by atoms with E-state index in [1.54, 1.807) is 6.07 Å². The monoisotopic (exact) mass is 263 g/mol. The first-order valence-corrected chi connectivity index (χ1v) is 6.57. The number of hydrogen-bond acceptors (Lipinski definition) is 3. The van der Waals surface area contributed by atoms with Crippen LogP contribution in [0, 0.1) is 23.0 Å². The summed E-state index contributed by atoms with van der Waals surface area (Å²) >= 11 is 0. The van der Waals surface area contributed by atoms with Gasteiger partial charge in [0, 0.05) is 18.1 Å². The van der Waals surface area contributed by atoms with Crippen LogP contribution in [0.3, 0.4) is 0 Å². The van der Waals surface area contributed by atoms with Crippen molar-refractivity contribution in [2.75, 3.05) is 5.32 Å². The summed E-state index contributed by atoms with van der Waals surface area (Å²) in [5.74, 6) is -1.38. The molecular weight excluding hydrogens is 248 g/mol. The summed E-state index contributed by atoms with van der Waals surface area (Å²) < 4.78 is 27.6. The second-order valence-corrected chi connectivity index (χ2v) is 5.38. The molecule has 2 heterocycles. The second-order valence-electron chi connectivity index (χ2n) is 5.38. The summed E-state index contributed by atoms with van der Waals surface area (Å²) in [4.78, 5) is 0. The molecule has 0 amide bonds. The van der Waals surface area contributed by atoms with Gasteiger partial charge in [0.05, 0.1) is 11.6 Å². The predicted molar refractivity (Wildman–Crippen MR) is 67.7 cm³/mol. The number of anilines is 1. The third-order valence-corrected chi connectivity index (χ3v) is 3.99. The fourth-order valence-electron chi connectivity index (χ4n) is 3.15. The first-order chi connectivity index (χ1) is 9.15. The van der Waals surface area contributed by atoms with Crippen molar-refractivity contribution in [1.29, 1.82) is 5.26 Å². The van der Waals surface area contributed by atoms with E-state index in [1.165, 1.54) is 0 Å². The van der Waals surface area contributed by atoms with E-state index in [9.17, 15) is 8.78 Å². The van der Waals surface area contributed by atoms with Crippen LogP contribution >= 0.6 is 0 Å². The Morgan fingerprint density at radius 1 is 1.16 bits per heavy atom. The maximum atomic E-state index is 13.8. The van der Waals surface area contributed by atoms with Gasteiger partial charge in [-0.05, 0) is 37.8 Å². The number of halogens is 2. The molecule has 2 aliphatic heterocycles. The highest BCUT2D eigenvalue weighted by Crippen LogP contribution is 2.30. The van der Waals surface area contributed by atoms with E-state index in [0.717, 1.165) is 37.8 Å². The number of rotatable bonds is 2. The first-order valence-electron chi connectivity index (χ1n) is 6.57. The molecule has 2 fully saturated rings. The lowest BCUT2D eigenvalue weighted by Crippen LogP contribution is -2.43. The first kappa shape index (κ1) is 12.4. The molecule has 0 aliphatic carbocycles. The van der Waals surface area contributed by atoms with Gasteiger partial charge in [-0.1, -0.05) is 0 Å². The Hall–Kier alpha value is -1.67. The molecule has 0 radical (unpaired) electrons.